The van der Waals surface area contributed by atoms with Gasteiger partial charge in [0.25, 0.3) is 5.91 Å². The number of aromatic nitrogens is 2. The van der Waals surface area contributed by atoms with Gasteiger partial charge < -0.3 is 8.99 Å². The summed E-state index contributed by atoms with van der Waals surface area (Å²) in [5.74, 6) is 6.06. The van der Waals surface area contributed by atoms with Crippen LogP contribution >= 0.6 is 11.6 Å². The molecule has 1 amide bonds. The molecule has 8 heteroatoms. The summed E-state index contributed by atoms with van der Waals surface area (Å²) in [6.45, 7) is 13.7. The van der Waals surface area contributed by atoms with Crippen LogP contribution in [0.2, 0.25) is 18.2 Å². The summed E-state index contributed by atoms with van der Waals surface area (Å²) >= 11 is 6.80. The van der Waals surface area contributed by atoms with Crippen LogP contribution in [0.3, 0.4) is 0 Å². The third-order valence-corrected chi connectivity index (χ3v) is 7.08. The standard InChI is InChI=1S/C28H38ClN4O2Si/c1-7-8-13-23-31-26(29)24(25(28(2,3)4)35-36(5)6)33(23)18-19-14-16-20(17-15-19)21-11-9-10-12-22(21)27(34)32-30/h9-12,14-17,25H,7-8,13,18,30H2,1-6H3,(H,32,34). The van der Waals surface area contributed by atoms with Crippen molar-refractivity contribution in [3.05, 3.63) is 76.3 Å². The second-order valence-electron chi connectivity index (χ2n) is 10.4. The lowest BCUT2D eigenvalue weighted by atomic mass is 9.87. The SMILES string of the molecule is CCCCc1nc(Cl)c(C(O[Si](C)C)C(C)(C)C)n1Cc1ccc(-c2ccccc2C(=O)NN)cc1. The number of hydrazine groups is 1. The first kappa shape index (κ1) is 28.1. The van der Waals surface area contributed by atoms with E-state index in [1.807, 2.05) is 30.3 Å². The molecule has 193 valence electrons. The Morgan fingerprint density at radius 3 is 2.42 bits per heavy atom. The number of nitrogens with two attached hydrogens (primary N) is 1. The summed E-state index contributed by atoms with van der Waals surface area (Å²) < 4.78 is 8.76. The van der Waals surface area contributed by atoms with Gasteiger partial charge in [0.15, 0.2) is 5.15 Å². The maximum atomic E-state index is 12.2. The minimum absolute atomic E-state index is 0.136. The fourth-order valence-electron chi connectivity index (χ4n) is 4.29. The molecule has 2 aromatic carbocycles. The highest BCUT2D eigenvalue weighted by molar-refractivity contribution is 6.48. The number of hydrogen-bond acceptors (Lipinski definition) is 4. The Morgan fingerprint density at radius 1 is 1.17 bits per heavy atom. The maximum Gasteiger partial charge on any atom is 0.265 e. The third-order valence-electron chi connectivity index (χ3n) is 6.09. The molecule has 0 fully saturated rings. The number of rotatable bonds is 10. The zero-order valence-electron chi connectivity index (χ0n) is 22.2. The summed E-state index contributed by atoms with van der Waals surface area (Å²) in [4.78, 5) is 17.0. The molecule has 0 saturated heterocycles. The summed E-state index contributed by atoms with van der Waals surface area (Å²) in [6.07, 6.45) is 2.84. The van der Waals surface area contributed by atoms with E-state index < -0.39 is 9.04 Å². The number of halogens is 1. The molecular formula is C28H38ClN4O2Si. The van der Waals surface area contributed by atoms with Gasteiger partial charge in [-0.3, -0.25) is 10.2 Å². The van der Waals surface area contributed by atoms with Crippen LogP contribution in [-0.2, 0) is 17.4 Å². The molecule has 1 aromatic heterocycles. The number of unbranched alkanes of at least 4 members (excludes halogenated alkanes) is 1. The lowest BCUT2D eigenvalue weighted by Gasteiger charge is -2.33. The number of hydrogen-bond donors (Lipinski definition) is 2. The quantitative estimate of drug-likeness (QED) is 0.136. The van der Waals surface area contributed by atoms with E-state index in [-0.39, 0.29) is 17.4 Å². The first-order chi connectivity index (χ1) is 17.1. The van der Waals surface area contributed by atoms with Gasteiger partial charge in [-0.05, 0) is 47.7 Å². The molecule has 0 bridgehead atoms. The van der Waals surface area contributed by atoms with E-state index in [1.165, 1.54) is 0 Å². The van der Waals surface area contributed by atoms with Crippen molar-refractivity contribution in [2.24, 2.45) is 11.3 Å². The molecule has 0 aliphatic rings. The van der Waals surface area contributed by atoms with E-state index in [4.69, 9.17) is 26.9 Å². The predicted octanol–water partition coefficient (Wildman–Crippen LogP) is 6.55. The lowest BCUT2D eigenvalue weighted by molar-refractivity contribution is 0.0794. The Bertz CT molecular complexity index is 1170. The van der Waals surface area contributed by atoms with Crippen molar-refractivity contribution in [2.75, 3.05) is 0 Å². The molecule has 3 rings (SSSR count). The van der Waals surface area contributed by atoms with Gasteiger partial charge in [0, 0.05) is 18.5 Å². The second-order valence-corrected chi connectivity index (χ2v) is 12.8. The molecule has 36 heavy (non-hydrogen) atoms. The highest BCUT2D eigenvalue weighted by Gasteiger charge is 2.34. The van der Waals surface area contributed by atoms with Crippen LogP contribution < -0.4 is 11.3 Å². The molecule has 0 saturated carbocycles. The van der Waals surface area contributed by atoms with Crippen molar-refractivity contribution in [2.45, 2.75) is 72.7 Å². The highest BCUT2D eigenvalue weighted by Crippen LogP contribution is 2.40. The first-order valence-electron chi connectivity index (χ1n) is 12.5. The number of carbonyl (C=O) groups excluding carboxylic acids is 1. The summed E-state index contributed by atoms with van der Waals surface area (Å²) in [5, 5.41) is 0.530. The minimum atomic E-state index is -0.966. The van der Waals surface area contributed by atoms with Crippen molar-refractivity contribution < 1.29 is 9.22 Å². The number of benzene rings is 2. The Morgan fingerprint density at radius 2 is 1.83 bits per heavy atom. The number of imidazole rings is 1. The van der Waals surface area contributed by atoms with E-state index >= 15 is 0 Å². The zero-order valence-corrected chi connectivity index (χ0v) is 23.9. The second kappa shape index (κ2) is 12.2. The van der Waals surface area contributed by atoms with Crippen molar-refractivity contribution in [3.63, 3.8) is 0 Å². The third kappa shape index (κ3) is 6.65. The number of nitrogen functional groups attached to an aromatic ring is 1. The average Bonchev–Trinajstić information content (AvgIpc) is 3.14. The van der Waals surface area contributed by atoms with Gasteiger partial charge in [0.05, 0.1) is 11.8 Å². The van der Waals surface area contributed by atoms with Crippen LogP contribution in [0, 0.1) is 5.41 Å². The van der Waals surface area contributed by atoms with Crippen LogP contribution in [0.4, 0.5) is 0 Å². The van der Waals surface area contributed by atoms with Crippen LogP contribution in [-0.4, -0.2) is 24.5 Å². The van der Waals surface area contributed by atoms with Crippen LogP contribution in [0.25, 0.3) is 11.1 Å². The van der Waals surface area contributed by atoms with Crippen LogP contribution in [0.1, 0.15) is 74.1 Å². The largest absolute Gasteiger partial charge is 0.408 e. The minimum Gasteiger partial charge on any atom is -0.408 e. The van der Waals surface area contributed by atoms with Crippen molar-refractivity contribution in [1.29, 1.82) is 0 Å². The van der Waals surface area contributed by atoms with E-state index in [1.54, 1.807) is 6.07 Å². The lowest BCUT2D eigenvalue weighted by Crippen LogP contribution is -2.30. The fourth-order valence-corrected chi connectivity index (χ4v) is 5.53. The number of nitrogens with one attached hydrogen (secondary N) is 1. The van der Waals surface area contributed by atoms with Gasteiger partial charge in [-0.1, -0.05) is 88.2 Å². The Kier molecular flexibility index (Phi) is 9.52. The molecule has 6 nitrogen and oxygen atoms in total. The zero-order chi connectivity index (χ0) is 26.5. The van der Waals surface area contributed by atoms with Crippen molar-refractivity contribution in [3.8, 4) is 11.1 Å². The normalized spacial score (nSPS) is 12.7. The summed E-state index contributed by atoms with van der Waals surface area (Å²) in [6, 6.07) is 15.7. The molecule has 1 unspecified atom stereocenters. The molecular weight excluding hydrogens is 488 g/mol. The van der Waals surface area contributed by atoms with Gasteiger partial charge in [0.2, 0.25) is 9.04 Å². The molecule has 3 aromatic rings. The van der Waals surface area contributed by atoms with E-state index in [2.05, 4.69) is 62.9 Å². The monoisotopic (exact) mass is 525 g/mol. The van der Waals surface area contributed by atoms with Crippen molar-refractivity contribution >= 4 is 26.5 Å². The van der Waals surface area contributed by atoms with Gasteiger partial charge >= 0.3 is 0 Å². The predicted molar refractivity (Wildman–Crippen MR) is 149 cm³/mol. The number of aryl methyl sites for hydroxylation is 1. The van der Waals surface area contributed by atoms with E-state index in [0.29, 0.717) is 17.3 Å². The van der Waals surface area contributed by atoms with Crippen LogP contribution in [0.5, 0.6) is 0 Å². The number of amides is 1. The molecule has 3 N–H and O–H groups in total. The Balaban J connectivity index is 2.01. The average molecular weight is 526 g/mol. The van der Waals surface area contributed by atoms with Crippen molar-refractivity contribution in [1.82, 2.24) is 15.0 Å². The summed E-state index contributed by atoms with van der Waals surface area (Å²) in [5.41, 5.74) is 6.50. The van der Waals surface area contributed by atoms with Crippen LogP contribution in [0.15, 0.2) is 48.5 Å². The fraction of sp³-hybridized carbons (Fsp3) is 0.429. The molecule has 0 aliphatic carbocycles. The van der Waals surface area contributed by atoms with E-state index in [0.717, 1.165) is 47.5 Å². The Labute approximate surface area is 221 Å². The topological polar surface area (TPSA) is 82.2 Å². The van der Waals surface area contributed by atoms with Gasteiger partial charge in [0.1, 0.15) is 5.82 Å². The Hall–Kier alpha value is -2.45. The highest BCUT2D eigenvalue weighted by atomic mass is 35.5. The maximum absolute atomic E-state index is 12.2. The van der Waals surface area contributed by atoms with Gasteiger partial charge in [-0.25, -0.2) is 10.8 Å². The van der Waals surface area contributed by atoms with E-state index in [9.17, 15) is 4.79 Å². The smallest absolute Gasteiger partial charge is 0.265 e. The number of carbonyl (C=O) groups is 1. The first-order valence-corrected chi connectivity index (χ1v) is 15.3. The van der Waals surface area contributed by atoms with Gasteiger partial charge in [-0.15, -0.1) is 0 Å². The number of nitrogens with zero attached hydrogens (tertiary/aromatic N) is 2. The molecule has 0 spiro atoms. The van der Waals surface area contributed by atoms with Gasteiger partial charge in [-0.2, -0.15) is 0 Å². The summed E-state index contributed by atoms with van der Waals surface area (Å²) in [7, 11) is -0.966. The molecule has 1 atom stereocenters. The molecule has 0 aliphatic heterocycles. The molecule has 1 heterocycles. The molecule has 1 radical (unpaired) electrons.